The van der Waals surface area contributed by atoms with E-state index in [1.54, 1.807) is 45.6 Å². The van der Waals surface area contributed by atoms with Crippen molar-refractivity contribution in [2.45, 2.75) is 12.8 Å². The second kappa shape index (κ2) is 8.40. The molecule has 2 aromatic carbocycles. The fraction of sp³-hybridized carbons (Fsp3) is 0.238. The first-order valence-electron chi connectivity index (χ1n) is 8.48. The van der Waals surface area contributed by atoms with E-state index < -0.39 is 5.97 Å². The zero-order valence-electron chi connectivity index (χ0n) is 15.5. The lowest BCUT2D eigenvalue weighted by Crippen LogP contribution is -2.05. The average molecular weight is 367 g/mol. The quantitative estimate of drug-likeness (QED) is 0.552. The van der Waals surface area contributed by atoms with Crippen molar-refractivity contribution in [2.24, 2.45) is 4.99 Å². The maximum absolute atomic E-state index is 12.1. The Hall–Kier alpha value is -3.28. The summed E-state index contributed by atoms with van der Waals surface area (Å²) in [4.78, 5) is 16.4. The van der Waals surface area contributed by atoms with Crippen LogP contribution >= 0.6 is 0 Å². The molecule has 1 heterocycles. The highest BCUT2D eigenvalue weighted by Crippen LogP contribution is 2.26. The summed E-state index contributed by atoms with van der Waals surface area (Å²) in [7, 11) is 4.78. The highest BCUT2D eigenvalue weighted by atomic mass is 16.6. The van der Waals surface area contributed by atoms with Gasteiger partial charge in [0.15, 0.2) is 11.6 Å². The molecule has 0 radical (unpaired) electrons. The first kappa shape index (κ1) is 18.5. The lowest BCUT2D eigenvalue weighted by Gasteiger charge is -2.05. The fourth-order valence-electron chi connectivity index (χ4n) is 2.67. The number of hydrogen-bond donors (Lipinski definition) is 0. The summed E-state index contributed by atoms with van der Waals surface area (Å²) in [6.07, 6.45) is 2.92. The number of ether oxygens (including phenoxy) is 4. The summed E-state index contributed by atoms with van der Waals surface area (Å²) in [6, 6.07) is 13.1. The molecular weight excluding hydrogens is 346 g/mol. The van der Waals surface area contributed by atoms with E-state index in [9.17, 15) is 4.79 Å². The Morgan fingerprint density at radius 3 is 2.11 bits per heavy atom. The van der Waals surface area contributed by atoms with Gasteiger partial charge in [-0.2, -0.15) is 0 Å². The van der Waals surface area contributed by atoms with E-state index in [-0.39, 0.29) is 5.70 Å². The highest BCUT2D eigenvalue weighted by molar-refractivity contribution is 6.07. The van der Waals surface area contributed by atoms with Crippen molar-refractivity contribution in [3.8, 4) is 17.2 Å². The van der Waals surface area contributed by atoms with Crippen LogP contribution in [0, 0.1) is 0 Å². The molecule has 6 nitrogen and oxygen atoms in total. The van der Waals surface area contributed by atoms with Crippen molar-refractivity contribution >= 4 is 17.9 Å². The molecule has 1 aliphatic rings. The lowest BCUT2D eigenvalue weighted by atomic mass is 10.1. The van der Waals surface area contributed by atoms with Crippen LogP contribution in [-0.2, 0) is 16.0 Å². The minimum Gasteiger partial charge on any atom is -0.497 e. The van der Waals surface area contributed by atoms with Gasteiger partial charge in [-0.05, 0) is 47.9 Å². The zero-order valence-corrected chi connectivity index (χ0v) is 15.5. The standard InChI is InChI=1S/C21H21NO5/c1-24-16-7-4-14(5-8-16)6-9-20-22-19(21(23)27-20)12-15-10-17(25-2)13-18(11-15)26-3/h4-5,7-8,10-13H,6,9H2,1-3H3/b19-12+. The summed E-state index contributed by atoms with van der Waals surface area (Å²) >= 11 is 0. The van der Waals surface area contributed by atoms with Crippen LogP contribution < -0.4 is 14.2 Å². The van der Waals surface area contributed by atoms with Gasteiger partial charge in [0.05, 0.1) is 21.3 Å². The maximum Gasteiger partial charge on any atom is 0.363 e. The van der Waals surface area contributed by atoms with E-state index in [0.29, 0.717) is 23.8 Å². The Bertz CT molecular complexity index is 862. The second-order valence-corrected chi connectivity index (χ2v) is 5.92. The third-order valence-corrected chi connectivity index (χ3v) is 4.13. The molecule has 2 aromatic rings. The zero-order chi connectivity index (χ0) is 19.2. The van der Waals surface area contributed by atoms with Crippen LogP contribution in [0.15, 0.2) is 53.2 Å². The van der Waals surface area contributed by atoms with Crippen LogP contribution in [0.1, 0.15) is 17.5 Å². The third kappa shape index (κ3) is 4.67. The van der Waals surface area contributed by atoms with Gasteiger partial charge in [-0.15, -0.1) is 0 Å². The predicted octanol–water partition coefficient (Wildman–Crippen LogP) is 3.64. The molecule has 0 aliphatic carbocycles. The number of methoxy groups -OCH3 is 3. The molecule has 27 heavy (non-hydrogen) atoms. The lowest BCUT2D eigenvalue weighted by molar-refractivity contribution is -0.130. The summed E-state index contributed by atoms with van der Waals surface area (Å²) in [5, 5.41) is 0. The van der Waals surface area contributed by atoms with Gasteiger partial charge in [0.25, 0.3) is 0 Å². The molecule has 0 amide bonds. The van der Waals surface area contributed by atoms with Gasteiger partial charge in [0, 0.05) is 12.5 Å². The molecule has 0 N–H and O–H groups in total. The number of benzene rings is 2. The van der Waals surface area contributed by atoms with Gasteiger partial charge in [0.2, 0.25) is 0 Å². The maximum atomic E-state index is 12.1. The summed E-state index contributed by atoms with van der Waals surface area (Å²) in [6.45, 7) is 0. The van der Waals surface area contributed by atoms with Gasteiger partial charge in [-0.1, -0.05) is 12.1 Å². The van der Waals surface area contributed by atoms with E-state index in [4.69, 9.17) is 18.9 Å². The van der Waals surface area contributed by atoms with Crippen molar-refractivity contribution in [3.63, 3.8) is 0 Å². The molecule has 3 rings (SSSR count). The minimum atomic E-state index is -0.457. The van der Waals surface area contributed by atoms with Crippen molar-refractivity contribution in [2.75, 3.05) is 21.3 Å². The number of nitrogens with zero attached hydrogens (tertiary/aromatic N) is 1. The molecule has 6 heteroatoms. The first-order valence-corrected chi connectivity index (χ1v) is 8.48. The Kier molecular flexibility index (Phi) is 5.76. The van der Waals surface area contributed by atoms with Crippen molar-refractivity contribution in [1.29, 1.82) is 0 Å². The number of aryl methyl sites for hydroxylation is 1. The molecule has 0 spiro atoms. The van der Waals surface area contributed by atoms with E-state index in [2.05, 4.69) is 4.99 Å². The smallest absolute Gasteiger partial charge is 0.363 e. The molecule has 0 fully saturated rings. The van der Waals surface area contributed by atoms with Crippen LogP contribution in [0.2, 0.25) is 0 Å². The molecule has 0 bridgehead atoms. The summed E-state index contributed by atoms with van der Waals surface area (Å²) in [5.74, 6) is 2.04. The van der Waals surface area contributed by atoms with Gasteiger partial charge in [0.1, 0.15) is 17.2 Å². The highest BCUT2D eigenvalue weighted by Gasteiger charge is 2.22. The molecule has 0 unspecified atom stereocenters. The van der Waals surface area contributed by atoms with Crippen molar-refractivity contribution in [1.82, 2.24) is 0 Å². The van der Waals surface area contributed by atoms with Crippen molar-refractivity contribution < 1.29 is 23.7 Å². The van der Waals surface area contributed by atoms with Crippen LogP contribution in [0.4, 0.5) is 0 Å². The molecule has 1 aliphatic heterocycles. The van der Waals surface area contributed by atoms with Gasteiger partial charge >= 0.3 is 5.97 Å². The van der Waals surface area contributed by atoms with Gasteiger partial charge in [-0.3, -0.25) is 0 Å². The molecular formula is C21H21NO5. The van der Waals surface area contributed by atoms with Gasteiger partial charge < -0.3 is 18.9 Å². The average Bonchev–Trinajstić information content (AvgIpc) is 3.05. The number of rotatable bonds is 7. The molecule has 0 saturated heterocycles. The topological polar surface area (TPSA) is 66.3 Å². The third-order valence-electron chi connectivity index (χ3n) is 4.13. The van der Waals surface area contributed by atoms with Crippen LogP contribution in [-0.4, -0.2) is 33.2 Å². The van der Waals surface area contributed by atoms with E-state index in [1.807, 2.05) is 24.3 Å². The van der Waals surface area contributed by atoms with E-state index >= 15 is 0 Å². The van der Waals surface area contributed by atoms with Crippen LogP contribution in [0.3, 0.4) is 0 Å². The Morgan fingerprint density at radius 1 is 0.889 bits per heavy atom. The first-order chi connectivity index (χ1) is 13.1. The van der Waals surface area contributed by atoms with E-state index in [0.717, 1.165) is 23.3 Å². The summed E-state index contributed by atoms with van der Waals surface area (Å²) in [5.41, 5.74) is 2.12. The SMILES string of the molecule is COc1ccc(CCC2=N/C(=C/c3cc(OC)cc(OC)c3)C(=O)O2)cc1. The number of carbonyl (C=O) groups is 1. The molecule has 140 valence electrons. The molecule has 0 saturated carbocycles. The Labute approximate surface area is 158 Å². The Morgan fingerprint density at radius 2 is 1.52 bits per heavy atom. The van der Waals surface area contributed by atoms with Crippen molar-refractivity contribution in [3.05, 3.63) is 59.3 Å². The number of carbonyl (C=O) groups excluding carboxylic acids is 1. The molecule has 0 atom stereocenters. The van der Waals surface area contributed by atoms with Crippen LogP contribution in [0.5, 0.6) is 17.2 Å². The largest absolute Gasteiger partial charge is 0.497 e. The summed E-state index contributed by atoms with van der Waals surface area (Å²) < 4.78 is 20.9. The second-order valence-electron chi connectivity index (χ2n) is 5.92. The predicted molar refractivity (Wildman–Crippen MR) is 102 cm³/mol. The van der Waals surface area contributed by atoms with Gasteiger partial charge in [-0.25, -0.2) is 9.79 Å². The number of aliphatic imine (C=N–C) groups is 1. The number of esters is 1. The number of cyclic esters (lactones) is 1. The van der Waals surface area contributed by atoms with E-state index in [1.165, 1.54) is 0 Å². The minimum absolute atomic E-state index is 0.259. The van der Waals surface area contributed by atoms with Crippen LogP contribution in [0.25, 0.3) is 6.08 Å². The number of hydrogen-bond acceptors (Lipinski definition) is 6. The molecule has 0 aromatic heterocycles. The normalized spacial score (nSPS) is 14.7. The fourth-order valence-corrected chi connectivity index (χ4v) is 2.67. The Balaban J connectivity index is 1.72. The monoisotopic (exact) mass is 367 g/mol.